The molecule has 0 aromatic heterocycles. The van der Waals surface area contributed by atoms with Gasteiger partial charge in [-0.1, -0.05) is 13.8 Å². The molecule has 7 heteroatoms. The number of ether oxygens (including phenoxy) is 1. The second kappa shape index (κ2) is 10.2. The lowest BCUT2D eigenvalue weighted by atomic mass is 9.93. The summed E-state index contributed by atoms with van der Waals surface area (Å²) in [6.07, 6.45) is 0.697. The van der Waals surface area contributed by atoms with Gasteiger partial charge in [0.15, 0.2) is 5.78 Å². The number of benzene rings is 1. The van der Waals surface area contributed by atoms with Crippen molar-refractivity contribution < 1.29 is 14.3 Å². The van der Waals surface area contributed by atoms with Gasteiger partial charge in [0.1, 0.15) is 12.4 Å². The fourth-order valence-electron chi connectivity index (χ4n) is 2.88. The van der Waals surface area contributed by atoms with Gasteiger partial charge in [0, 0.05) is 17.8 Å². The number of ketones is 1. The molecule has 0 unspecified atom stereocenters. The number of carbonyl (C=O) groups is 2. The Kier molecular flexibility index (Phi) is 8.81. The van der Waals surface area contributed by atoms with Crippen molar-refractivity contribution in [1.82, 2.24) is 5.32 Å². The van der Waals surface area contributed by atoms with Gasteiger partial charge < -0.3 is 26.8 Å². The van der Waals surface area contributed by atoms with Crippen molar-refractivity contribution in [2.45, 2.75) is 72.0 Å². The predicted molar refractivity (Wildman–Crippen MR) is 118 cm³/mol. The molecule has 6 N–H and O–H groups in total. The van der Waals surface area contributed by atoms with E-state index in [2.05, 4.69) is 24.5 Å². The Hall–Kier alpha value is -1.96. The number of hydrogen-bond donors (Lipinski definition) is 4. The first-order valence-corrected chi connectivity index (χ1v) is 10.1. The van der Waals surface area contributed by atoms with Crippen molar-refractivity contribution in [2.75, 3.05) is 18.5 Å². The lowest BCUT2D eigenvalue weighted by molar-refractivity contribution is -0.119. The summed E-state index contributed by atoms with van der Waals surface area (Å²) < 4.78 is 5.60. The Labute approximate surface area is 174 Å². The molecule has 0 spiro atoms. The Morgan fingerprint density at radius 2 is 1.76 bits per heavy atom. The average molecular weight is 407 g/mol. The molecule has 1 rings (SSSR count). The van der Waals surface area contributed by atoms with Crippen molar-refractivity contribution in [3.63, 3.8) is 0 Å². The molecule has 1 atom stereocenters. The van der Waals surface area contributed by atoms with E-state index in [-0.39, 0.29) is 29.9 Å². The second-order valence-corrected chi connectivity index (χ2v) is 9.46. The first kappa shape index (κ1) is 25.1. The zero-order valence-electron chi connectivity index (χ0n) is 18.9. The third-order valence-electron chi connectivity index (χ3n) is 4.08. The number of amides is 1. The molecule has 7 nitrogen and oxygen atoms in total. The van der Waals surface area contributed by atoms with Crippen LogP contribution < -0.4 is 26.8 Å². The maximum atomic E-state index is 12.9. The van der Waals surface area contributed by atoms with Crippen LogP contribution in [0.4, 0.5) is 5.69 Å². The van der Waals surface area contributed by atoms with E-state index in [1.165, 1.54) is 0 Å². The molecular formula is C22H38N4O3. The number of Topliss-reactive ketones (excluding diaryl/α,β-unsaturated/α-hetero) is 1. The first-order chi connectivity index (χ1) is 13.2. The minimum absolute atomic E-state index is 0.144. The lowest BCUT2D eigenvalue weighted by Crippen LogP contribution is -2.50. The zero-order chi connectivity index (χ0) is 22.4. The topological polar surface area (TPSA) is 119 Å². The van der Waals surface area contributed by atoms with Crippen LogP contribution in [0.1, 0.15) is 65.2 Å². The van der Waals surface area contributed by atoms with Gasteiger partial charge >= 0.3 is 0 Å². The van der Waals surface area contributed by atoms with Crippen molar-refractivity contribution >= 4 is 17.4 Å². The van der Waals surface area contributed by atoms with Crippen LogP contribution in [0.3, 0.4) is 0 Å². The van der Waals surface area contributed by atoms with Gasteiger partial charge in [0.2, 0.25) is 5.91 Å². The minimum Gasteiger partial charge on any atom is -0.492 e. The molecule has 0 saturated heterocycles. The smallest absolute Gasteiger partial charge is 0.241 e. The van der Waals surface area contributed by atoms with Crippen molar-refractivity contribution in [3.05, 3.63) is 23.8 Å². The number of carbonyl (C=O) groups excluding carboxylic acids is 2. The van der Waals surface area contributed by atoms with Gasteiger partial charge in [-0.15, -0.1) is 0 Å². The SMILES string of the molecule is CC(C)C[C@H](NC(C)(C)C)C(=O)Nc1ccc(OCCN)c(C(=O)C(C)(C)N)c1. The number of nitrogens with two attached hydrogens (primary N) is 2. The molecule has 0 radical (unpaired) electrons. The molecule has 0 aliphatic heterocycles. The van der Waals surface area contributed by atoms with Crippen molar-refractivity contribution in [2.24, 2.45) is 17.4 Å². The Morgan fingerprint density at radius 1 is 1.14 bits per heavy atom. The van der Waals surface area contributed by atoms with Gasteiger partial charge in [-0.25, -0.2) is 0 Å². The molecule has 29 heavy (non-hydrogen) atoms. The highest BCUT2D eigenvalue weighted by molar-refractivity contribution is 6.06. The number of hydrogen-bond acceptors (Lipinski definition) is 6. The van der Waals surface area contributed by atoms with Crippen LogP contribution in [0.2, 0.25) is 0 Å². The lowest BCUT2D eigenvalue weighted by Gasteiger charge is -2.29. The van der Waals surface area contributed by atoms with Gasteiger partial charge in [-0.3, -0.25) is 9.59 Å². The highest BCUT2D eigenvalue weighted by Crippen LogP contribution is 2.26. The van der Waals surface area contributed by atoms with E-state index in [1.54, 1.807) is 32.0 Å². The fraction of sp³-hybridized carbons (Fsp3) is 0.636. The maximum absolute atomic E-state index is 12.9. The molecule has 164 valence electrons. The van der Waals surface area contributed by atoms with Crippen LogP contribution in [0, 0.1) is 5.92 Å². The summed E-state index contributed by atoms with van der Waals surface area (Å²) in [7, 11) is 0. The maximum Gasteiger partial charge on any atom is 0.241 e. The Balaban J connectivity index is 3.16. The summed E-state index contributed by atoms with van der Waals surface area (Å²) in [6, 6.07) is 4.64. The van der Waals surface area contributed by atoms with E-state index in [0.29, 0.717) is 35.9 Å². The quantitative estimate of drug-likeness (QED) is 0.444. The van der Waals surface area contributed by atoms with Gasteiger partial charge in [0.05, 0.1) is 17.1 Å². The average Bonchev–Trinajstić information content (AvgIpc) is 2.56. The predicted octanol–water partition coefficient (Wildman–Crippen LogP) is 2.69. The van der Waals surface area contributed by atoms with Crippen LogP contribution in [0.5, 0.6) is 5.75 Å². The molecule has 1 aromatic rings. The normalized spacial score (nSPS) is 13.3. The third kappa shape index (κ3) is 8.51. The highest BCUT2D eigenvalue weighted by Gasteiger charge is 2.28. The van der Waals surface area contributed by atoms with E-state index in [4.69, 9.17) is 16.2 Å². The molecule has 1 amide bonds. The minimum atomic E-state index is -1.07. The largest absolute Gasteiger partial charge is 0.492 e. The van der Waals surface area contributed by atoms with Crippen LogP contribution >= 0.6 is 0 Å². The summed E-state index contributed by atoms with van der Waals surface area (Å²) in [5, 5.41) is 6.30. The van der Waals surface area contributed by atoms with Crippen molar-refractivity contribution in [1.29, 1.82) is 0 Å². The van der Waals surface area contributed by atoms with Crippen LogP contribution in [-0.4, -0.2) is 42.0 Å². The standard InChI is InChI=1S/C22H38N4O3/c1-14(2)12-17(26-21(3,4)5)20(28)25-15-8-9-18(29-11-10-23)16(13-15)19(27)22(6,7)24/h8-9,13-14,17,26H,10-12,23-24H2,1-7H3,(H,25,28)/t17-/m0/s1. The molecule has 0 aliphatic rings. The molecular weight excluding hydrogens is 368 g/mol. The summed E-state index contributed by atoms with van der Waals surface area (Å²) in [5.74, 6) is 0.341. The highest BCUT2D eigenvalue weighted by atomic mass is 16.5. The molecule has 0 fully saturated rings. The van der Waals surface area contributed by atoms with Crippen LogP contribution in [0.15, 0.2) is 18.2 Å². The van der Waals surface area contributed by atoms with Crippen molar-refractivity contribution in [3.8, 4) is 5.75 Å². The first-order valence-electron chi connectivity index (χ1n) is 10.1. The second-order valence-electron chi connectivity index (χ2n) is 9.46. The number of rotatable bonds is 10. The van der Waals surface area contributed by atoms with Gasteiger partial charge in [0.25, 0.3) is 0 Å². The van der Waals surface area contributed by atoms with Crippen LogP contribution in [0.25, 0.3) is 0 Å². The van der Waals surface area contributed by atoms with E-state index >= 15 is 0 Å². The van der Waals surface area contributed by atoms with Crippen LogP contribution in [-0.2, 0) is 4.79 Å². The zero-order valence-corrected chi connectivity index (χ0v) is 18.9. The molecule has 0 saturated carbocycles. The van der Waals surface area contributed by atoms with E-state index in [0.717, 1.165) is 0 Å². The summed E-state index contributed by atoms with van der Waals surface area (Å²) >= 11 is 0. The molecule has 0 heterocycles. The Morgan fingerprint density at radius 3 is 2.24 bits per heavy atom. The summed E-state index contributed by atoms with van der Waals surface area (Å²) in [5.41, 5.74) is 11.1. The molecule has 0 bridgehead atoms. The summed E-state index contributed by atoms with van der Waals surface area (Å²) in [6.45, 7) is 14.1. The molecule has 1 aromatic carbocycles. The summed E-state index contributed by atoms with van der Waals surface area (Å²) in [4.78, 5) is 25.7. The van der Waals surface area contributed by atoms with E-state index in [1.807, 2.05) is 20.8 Å². The molecule has 0 aliphatic carbocycles. The van der Waals surface area contributed by atoms with E-state index < -0.39 is 5.54 Å². The third-order valence-corrected chi connectivity index (χ3v) is 4.08. The van der Waals surface area contributed by atoms with Gasteiger partial charge in [-0.05, 0) is 65.2 Å². The van der Waals surface area contributed by atoms with Gasteiger partial charge in [-0.2, -0.15) is 0 Å². The number of anilines is 1. The fourth-order valence-corrected chi connectivity index (χ4v) is 2.88. The Bertz CT molecular complexity index is 703. The van der Waals surface area contributed by atoms with E-state index in [9.17, 15) is 9.59 Å². The number of nitrogens with one attached hydrogen (secondary N) is 2. The monoisotopic (exact) mass is 406 g/mol.